The first-order valence-electron chi connectivity index (χ1n) is 11.2. The first-order chi connectivity index (χ1) is 18.3. The van der Waals surface area contributed by atoms with Crippen LogP contribution in [0, 0.1) is 10.1 Å². The van der Waals surface area contributed by atoms with Gasteiger partial charge in [-0.05, 0) is 61.0 Å². The van der Waals surface area contributed by atoms with Gasteiger partial charge in [-0.15, -0.1) is 0 Å². The summed E-state index contributed by atoms with van der Waals surface area (Å²) in [5.41, 5.74) is 3.97. The molecule has 38 heavy (non-hydrogen) atoms. The summed E-state index contributed by atoms with van der Waals surface area (Å²) >= 11 is 5.84. The molecular weight excluding hydrogens is 516 g/mol. The van der Waals surface area contributed by atoms with Gasteiger partial charge in [-0.25, -0.2) is 5.43 Å². The minimum absolute atomic E-state index is 0.0138. The Hall–Kier alpha value is -4.97. The van der Waals surface area contributed by atoms with Crippen LogP contribution in [-0.4, -0.2) is 38.8 Å². The van der Waals surface area contributed by atoms with Gasteiger partial charge in [-0.2, -0.15) is 10.2 Å². The summed E-state index contributed by atoms with van der Waals surface area (Å²) in [7, 11) is 0. The lowest BCUT2D eigenvalue weighted by Gasteiger charge is -2.09. The number of ether oxygens (including phenoxy) is 1. The summed E-state index contributed by atoms with van der Waals surface area (Å²) in [5, 5.41) is 22.1. The van der Waals surface area contributed by atoms with Crippen LogP contribution in [0.5, 0.6) is 5.75 Å². The van der Waals surface area contributed by atoms with Crippen LogP contribution in [0.1, 0.15) is 28.8 Å². The third kappa shape index (κ3) is 7.04. The largest absolute Gasteiger partial charge is 0.484 e. The van der Waals surface area contributed by atoms with E-state index in [1.165, 1.54) is 16.9 Å². The minimum atomic E-state index is -0.578. The maximum Gasteiger partial charge on any atom is 0.307 e. The summed E-state index contributed by atoms with van der Waals surface area (Å²) in [6.45, 7) is 1.63. The SMILES string of the molecule is C/C(=N/NC(=O)c1ccc(Cn2cc([N+](=O)[O-])cn2)o1)c1cccc(NC(=O)COc2ccc(Cl)cc2)c1. The standard InChI is InChI=1S/C25H21ClN6O6/c1-16(17-3-2-4-19(11-17)28-24(33)15-37-21-7-5-18(26)6-8-21)29-30-25(34)23-10-9-22(38-23)14-31-13-20(12-27-31)32(35)36/h2-13H,14-15H2,1H3,(H,28,33)(H,30,34)/b29-16-. The van der Waals surface area contributed by atoms with Crippen LogP contribution in [0.2, 0.25) is 5.02 Å². The first-order valence-corrected chi connectivity index (χ1v) is 11.5. The molecule has 2 aromatic heterocycles. The third-order valence-electron chi connectivity index (χ3n) is 5.11. The van der Waals surface area contributed by atoms with Crippen molar-refractivity contribution >= 4 is 40.5 Å². The second kappa shape index (κ2) is 11.8. The smallest absolute Gasteiger partial charge is 0.307 e. The summed E-state index contributed by atoms with van der Waals surface area (Å²) in [5.74, 6) is -0.00696. The summed E-state index contributed by atoms with van der Waals surface area (Å²) in [6.07, 6.45) is 2.39. The monoisotopic (exact) mass is 536 g/mol. The van der Waals surface area contributed by atoms with E-state index < -0.39 is 10.8 Å². The van der Waals surface area contributed by atoms with Crippen molar-refractivity contribution < 1.29 is 23.7 Å². The van der Waals surface area contributed by atoms with Crippen molar-refractivity contribution in [3.63, 3.8) is 0 Å². The molecule has 13 heteroatoms. The van der Waals surface area contributed by atoms with E-state index in [0.29, 0.717) is 33.5 Å². The number of hydrogen-bond acceptors (Lipinski definition) is 8. The number of hydrogen-bond donors (Lipinski definition) is 2. The van der Waals surface area contributed by atoms with E-state index in [1.807, 2.05) is 0 Å². The predicted molar refractivity (Wildman–Crippen MR) is 138 cm³/mol. The Balaban J connectivity index is 1.31. The van der Waals surface area contributed by atoms with Crippen molar-refractivity contribution in [2.75, 3.05) is 11.9 Å². The van der Waals surface area contributed by atoms with E-state index in [1.54, 1.807) is 61.5 Å². The average Bonchev–Trinajstić information content (AvgIpc) is 3.57. The van der Waals surface area contributed by atoms with Crippen molar-refractivity contribution in [2.45, 2.75) is 13.5 Å². The highest BCUT2D eigenvalue weighted by atomic mass is 35.5. The third-order valence-corrected chi connectivity index (χ3v) is 5.36. The number of aromatic nitrogens is 2. The normalized spacial score (nSPS) is 11.2. The van der Waals surface area contributed by atoms with Crippen LogP contribution in [0.3, 0.4) is 0 Å². The van der Waals surface area contributed by atoms with Crippen molar-refractivity contribution in [1.82, 2.24) is 15.2 Å². The number of anilines is 1. The highest BCUT2D eigenvalue weighted by molar-refractivity contribution is 6.30. The van der Waals surface area contributed by atoms with E-state index in [4.69, 9.17) is 20.8 Å². The van der Waals surface area contributed by atoms with Gasteiger partial charge in [0.15, 0.2) is 12.4 Å². The van der Waals surface area contributed by atoms with E-state index in [2.05, 4.69) is 20.9 Å². The van der Waals surface area contributed by atoms with Crippen molar-refractivity contribution in [3.05, 3.63) is 105 Å². The number of carbonyl (C=O) groups excluding carboxylic acids is 2. The van der Waals surface area contributed by atoms with Crippen molar-refractivity contribution in [2.24, 2.45) is 5.10 Å². The predicted octanol–water partition coefficient (Wildman–Crippen LogP) is 4.26. The Bertz CT molecular complexity index is 1490. The van der Waals surface area contributed by atoms with Crippen LogP contribution in [0.25, 0.3) is 0 Å². The molecule has 0 atom stereocenters. The number of hydrazone groups is 1. The molecule has 0 bridgehead atoms. The molecule has 2 amide bonds. The number of rotatable bonds is 10. The molecule has 0 fully saturated rings. The zero-order valence-electron chi connectivity index (χ0n) is 20.0. The molecule has 4 rings (SSSR count). The molecule has 0 radical (unpaired) electrons. The summed E-state index contributed by atoms with van der Waals surface area (Å²) in [4.78, 5) is 34.9. The van der Waals surface area contributed by atoms with E-state index in [9.17, 15) is 19.7 Å². The maximum atomic E-state index is 12.5. The molecule has 2 aromatic carbocycles. The molecule has 0 saturated carbocycles. The number of furan rings is 1. The quantitative estimate of drug-likeness (QED) is 0.174. The molecule has 0 aliphatic heterocycles. The molecule has 2 N–H and O–H groups in total. The van der Waals surface area contributed by atoms with Crippen LogP contribution in [-0.2, 0) is 11.3 Å². The van der Waals surface area contributed by atoms with Crippen molar-refractivity contribution in [3.8, 4) is 5.75 Å². The molecule has 0 aliphatic carbocycles. The first kappa shape index (κ1) is 26.1. The Labute approximate surface area is 221 Å². The van der Waals surface area contributed by atoms with Gasteiger partial charge in [0.2, 0.25) is 0 Å². The number of benzene rings is 2. The van der Waals surface area contributed by atoms with Gasteiger partial charge in [0.05, 0.1) is 17.2 Å². The lowest BCUT2D eigenvalue weighted by atomic mass is 10.1. The van der Waals surface area contributed by atoms with E-state index in [0.717, 1.165) is 6.20 Å². The van der Waals surface area contributed by atoms with Crippen LogP contribution >= 0.6 is 11.6 Å². The Morgan fingerprint density at radius 3 is 2.71 bits per heavy atom. The average molecular weight is 537 g/mol. The molecule has 0 unspecified atom stereocenters. The lowest BCUT2D eigenvalue weighted by molar-refractivity contribution is -0.385. The molecule has 0 spiro atoms. The molecule has 0 aliphatic rings. The van der Waals surface area contributed by atoms with Gasteiger partial charge in [0, 0.05) is 10.7 Å². The van der Waals surface area contributed by atoms with Crippen LogP contribution < -0.4 is 15.5 Å². The van der Waals surface area contributed by atoms with Crippen molar-refractivity contribution in [1.29, 1.82) is 0 Å². The fourth-order valence-electron chi connectivity index (χ4n) is 3.23. The number of amides is 2. The summed E-state index contributed by atoms with van der Waals surface area (Å²) < 4.78 is 12.3. The summed E-state index contributed by atoms with van der Waals surface area (Å²) in [6, 6.07) is 16.7. The Morgan fingerprint density at radius 1 is 1.18 bits per heavy atom. The van der Waals surface area contributed by atoms with Crippen LogP contribution in [0.15, 0.2) is 82.6 Å². The lowest BCUT2D eigenvalue weighted by Crippen LogP contribution is -2.20. The molecule has 0 saturated heterocycles. The van der Waals surface area contributed by atoms with Gasteiger partial charge in [0.1, 0.15) is 23.9 Å². The molecule has 2 heterocycles. The highest BCUT2D eigenvalue weighted by Crippen LogP contribution is 2.16. The Kier molecular flexibility index (Phi) is 8.14. The number of carbonyl (C=O) groups is 2. The number of nitrogens with one attached hydrogen (secondary N) is 2. The van der Waals surface area contributed by atoms with Gasteiger partial charge in [-0.1, -0.05) is 23.7 Å². The zero-order valence-corrected chi connectivity index (χ0v) is 20.7. The fourth-order valence-corrected chi connectivity index (χ4v) is 3.36. The Morgan fingerprint density at radius 2 is 1.97 bits per heavy atom. The number of halogens is 1. The fraction of sp³-hybridized carbons (Fsp3) is 0.120. The molecular formula is C25H21ClN6O6. The maximum absolute atomic E-state index is 12.5. The van der Waals surface area contributed by atoms with Gasteiger partial charge in [0.25, 0.3) is 5.91 Å². The second-order valence-electron chi connectivity index (χ2n) is 7.93. The van der Waals surface area contributed by atoms with Gasteiger partial charge >= 0.3 is 11.6 Å². The topological polar surface area (TPSA) is 154 Å². The van der Waals surface area contributed by atoms with Crippen LogP contribution in [0.4, 0.5) is 11.4 Å². The second-order valence-corrected chi connectivity index (χ2v) is 8.37. The van der Waals surface area contributed by atoms with Gasteiger partial charge < -0.3 is 14.5 Å². The minimum Gasteiger partial charge on any atom is -0.484 e. The van der Waals surface area contributed by atoms with Gasteiger partial charge in [-0.3, -0.25) is 24.4 Å². The molecule has 12 nitrogen and oxygen atoms in total. The molecule has 194 valence electrons. The van der Waals surface area contributed by atoms with E-state index in [-0.39, 0.29) is 30.5 Å². The number of nitrogens with zero attached hydrogens (tertiary/aromatic N) is 4. The highest BCUT2D eigenvalue weighted by Gasteiger charge is 2.14. The molecule has 4 aromatic rings. The number of nitro groups is 1. The van der Waals surface area contributed by atoms with E-state index >= 15 is 0 Å². The zero-order chi connectivity index (χ0) is 27.1.